The zero-order valence-electron chi connectivity index (χ0n) is 13.1. The number of nitrogens with zero attached hydrogens (tertiary/aromatic N) is 2. The van der Waals surface area contributed by atoms with E-state index in [-0.39, 0.29) is 11.6 Å². The van der Waals surface area contributed by atoms with Gasteiger partial charge in [0, 0.05) is 23.5 Å². The number of carbonyl (C=O) groups is 2. The number of rotatable bonds is 1. The normalized spacial score (nSPS) is 21.4. The summed E-state index contributed by atoms with van der Waals surface area (Å²) in [5, 5.41) is 0. The monoisotopic (exact) mass is 327 g/mol. The number of aromatic amines is 1. The van der Waals surface area contributed by atoms with Gasteiger partial charge in [-0.25, -0.2) is 4.98 Å². The van der Waals surface area contributed by atoms with Gasteiger partial charge in [0.15, 0.2) is 11.6 Å². The van der Waals surface area contributed by atoms with Crippen LogP contribution in [0.3, 0.4) is 0 Å². The van der Waals surface area contributed by atoms with E-state index in [0.29, 0.717) is 22.5 Å². The van der Waals surface area contributed by atoms with Crippen LogP contribution < -0.4 is 0 Å². The van der Waals surface area contributed by atoms with E-state index in [1.165, 1.54) is 0 Å². The second-order valence-electron chi connectivity index (χ2n) is 6.26. The molecule has 0 amide bonds. The van der Waals surface area contributed by atoms with Crippen LogP contribution in [-0.2, 0) is 0 Å². The molecule has 0 spiro atoms. The lowest BCUT2D eigenvalue weighted by Crippen LogP contribution is -2.35. The number of nitrogens with one attached hydrogen (secondary N) is 1. The van der Waals surface area contributed by atoms with E-state index in [1.807, 2.05) is 42.5 Å². The van der Waals surface area contributed by atoms with Gasteiger partial charge in [0.2, 0.25) is 0 Å². The average molecular weight is 327 g/mol. The molecule has 25 heavy (non-hydrogen) atoms. The summed E-state index contributed by atoms with van der Waals surface area (Å²) >= 11 is 0. The van der Waals surface area contributed by atoms with Crippen molar-refractivity contribution in [2.45, 2.75) is 0 Å². The summed E-state index contributed by atoms with van der Waals surface area (Å²) in [4.78, 5) is 37.8. The van der Waals surface area contributed by atoms with E-state index in [1.54, 1.807) is 18.5 Å². The second kappa shape index (κ2) is 5.08. The average Bonchev–Trinajstić information content (AvgIpc) is 3.10. The number of pyridine rings is 1. The lowest BCUT2D eigenvalue weighted by Gasteiger charge is -2.28. The van der Waals surface area contributed by atoms with Crippen LogP contribution in [0.15, 0.2) is 61.0 Å². The molecule has 2 aliphatic carbocycles. The van der Waals surface area contributed by atoms with Crippen LogP contribution in [0.25, 0.3) is 22.4 Å². The molecule has 5 rings (SSSR count). The summed E-state index contributed by atoms with van der Waals surface area (Å²) in [5.41, 5.74) is 3.09. The molecule has 2 aromatic heterocycles. The van der Waals surface area contributed by atoms with Crippen molar-refractivity contribution in [1.82, 2.24) is 15.0 Å². The van der Waals surface area contributed by atoms with E-state index in [2.05, 4.69) is 15.0 Å². The van der Waals surface area contributed by atoms with Gasteiger partial charge in [-0.05, 0) is 24.3 Å². The molecule has 5 nitrogen and oxygen atoms in total. The van der Waals surface area contributed by atoms with Crippen LogP contribution in [0.5, 0.6) is 0 Å². The molecule has 5 heteroatoms. The highest BCUT2D eigenvalue weighted by Gasteiger charge is 2.40. The second-order valence-corrected chi connectivity index (χ2v) is 6.26. The Bertz CT molecular complexity index is 1090. The number of benzene rings is 1. The lowest BCUT2D eigenvalue weighted by atomic mass is 9.72. The molecule has 2 heterocycles. The summed E-state index contributed by atoms with van der Waals surface area (Å²) in [6.07, 6.45) is 10.7. The van der Waals surface area contributed by atoms with Gasteiger partial charge in [-0.2, -0.15) is 0 Å². The van der Waals surface area contributed by atoms with Crippen LogP contribution in [-0.4, -0.2) is 26.5 Å². The fourth-order valence-electron chi connectivity index (χ4n) is 3.63. The van der Waals surface area contributed by atoms with Crippen molar-refractivity contribution >= 4 is 22.6 Å². The largest absolute Gasteiger partial charge is 0.338 e. The number of allylic oxidation sites excluding steroid dienone is 4. The van der Waals surface area contributed by atoms with E-state index in [4.69, 9.17) is 0 Å². The van der Waals surface area contributed by atoms with Crippen LogP contribution >= 0.6 is 0 Å². The first-order valence-electron chi connectivity index (χ1n) is 8.10. The third kappa shape index (κ3) is 1.96. The van der Waals surface area contributed by atoms with E-state index >= 15 is 0 Å². The maximum atomic E-state index is 13.1. The number of Topliss-reactive ketones (excluding diaryl/α,β-unsaturated/α-hetero) is 2. The fraction of sp³-hybridized carbons (Fsp3) is 0.100. The van der Waals surface area contributed by atoms with Crippen molar-refractivity contribution in [1.29, 1.82) is 0 Å². The predicted octanol–water partition coefficient (Wildman–Crippen LogP) is 3.36. The third-order valence-electron chi connectivity index (χ3n) is 4.86. The Balaban J connectivity index is 1.75. The highest BCUT2D eigenvalue weighted by atomic mass is 16.1. The fourth-order valence-corrected chi connectivity index (χ4v) is 3.63. The minimum absolute atomic E-state index is 0.0180. The topological polar surface area (TPSA) is 75.7 Å². The SMILES string of the molecule is O=C1c2ccc3[nH]c(-c4ccncc4)nc3c2C(=O)[C@@H]2C=CC=C[C@H]12. The van der Waals surface area contributed by atoms with Crippen molar-refractivity contribution in [2.24, 2.45) is 11.8 Å². The lowest BCUT2D eigenvalue weighted by molar-refractivity contribution is 0.0803. The molecule has 0 aliphatic heterocycles. The molecular weight excluding hydrogens is 314 g/mol. The Hall–Kier alpha value is -3.34. The molecule has 1 aromatic carbocycles. The van der Waals surface area contributed by atoms with E-state index in [0.717, 1.165) is 11.1 Å². The summed E-state index contributed by atoms with van der Waals surface area (Å²) in [5.74, 6) is -0.237. The Morgan fingerprint density at radius 1 is 0.880 bits per heavy atom. The Morgan fingerprint density at radius 2 is 1.60 bits per heavy atom. The number of hydrogen-bond donors (Lipinski definition) is 1. The molecule has 2 aliphatic rings. The van der Waals surface area contributed by atoms with Gasteiger partial charge in [-0.3, -0.25) is 14.6 Å². The molecule has 0 bridgehead atoms. The van der Waals surface area contributed by atoms with E-state index in [9.17, 15) is 9.59 Å². The molecule has 0 saturated heterocycles. The quantitative estimate of drug-likeness (QED) is 0.743. The van der Waals surface area contributed by atoms with Crippen molar-refractivity contribution in [2.75, 3.05) is 0 Å². The minimum Gasteiger partial charge on any atom is -0.338 e. The molecule has 0 saturated carbocycles. The van der Waals surface area contributed by atoms with Gasteiger partial charge in [-0.15, -0.1) is 0 Å². The zero-order chi connectivity index (χ0) is 17.0. The smallest absolute Gasteiger partial charge is 0.173 e. The first-order chi connectivity index (χ1) is 12.2. The number of hydrogen-bond acceptors (Lipinski definition) is 4. The van der Waals surface area contributed by atoms with Gasteiger partial charge >= 0.3 is 0 Å². The van der Waals surface area contributed by atoms with Gasteiger partial charge < -0.3 is 4.98 Å². The van der Waals surface area contributed by atoms with Crippen molar-refractivity contribution in [3.8, 4) is 11.4 Å². The third-order valence-corrected chi connectivity index (χ3v) is 4.86. The number of carbonyl (C=O) groups excluding carboxylic acids is 2. The minimum atomic E-state index is -0.434. The van der Waals surface area contributed by atoms with Gasteiger partial charge in [-0.1, -0.05) is 24.3 Å². The number of H-pyrrole nitrogens is 1. The maximum Gasteiger partial charge on any atom is 0.173 e. The molecule has 1 N–H and O–H groups in total. The number of aromatic nitrogens is 3. The molecule has 0 unspecified atom stereocenters. The van der Waals surface area contributed by atoms with E-state index < -0.39 is 11.8 Å². The molecule has 3 aromatic rings. The standard InChI is InChI=1S/C20H13N3O2/c24-18-12-3-1-2-4-13(12)19(25)16-14(18)5-6-15-17(16)23-20(22-15)11-7-9-21-10-8-11/h1-10,12-13H,(H,22,23)/t12-,13+/m0/s1. The number of ketones is 2. The molecule has 2 atom stereocenters. The molecule has 0 fully saturated rings. The van der Waals surface area contributed by atoms with Crippen LogP contribution in [0.1, 0.15) is 20.7 Å². The summed E-state index contributed by atoms with van der Waals surface area (Å²) in [6.45, 7) is 0. The molecule has 120 valence electrons. The summed E-state index contributed by atoms with van der Waals surface area (Å²) < 4.78 is 0. The first-order valence-corrected chi connectivity index (χ1v) is 8.10. The summed E-state index contributed by atoms with van der Waals surface area (Å²) in [6, 6.07) is 7.25. The Kier molecular flexibility index (Phi) is 2.85. The highest BCUT2D eigenvalue weighted by Crippen LogP contribution is 2.37. The van der Waals surface area contributed by atoms with Gasteiger partial charge in [0.05, 0.1) is 22.9 Å². The van der Waals surface area contributed by atoms with Crippen molar-refractivity contribution in [3.63, 3.8) is 0 Å². The first kappa shape index (κ1) is 14.0. The van der Waals surface area contributed by atoms with Gasteiger partial charge in [0.25, 0.3) is 0 Å². The van der Waals surface area contributed by atoms with Crippen LogP contribution in [0.2, 0.25) is 0 Å². The summed E-state index contributed by atoms with van der Waals surface area (Å²) in [7, 11) is 0. The van der Waals surface area contributed by atoms with Crippen molar-refractivity contribution in [3.05, 3.63) is 72.1 Å². The number of fused-ring (bicyclic) bond motifs is 4. The Labute approximate surface area is 143 Å². The zero-order valence-corrected chi connectivity index (χ0v) is 13.1. The molecule has 0 radical (unpaired) electrons. The van der Waals surface area contributed by atoms with Crippen LogP contribution in [0.4, 0.5) is 0 Å². The maximum absolute atomic E-state index is 13.1. The van der Waals surface area contributed by atoms with Gasteiger partial charge in [0.1, 0.15) is 11.3 Å². The highest BCUT2D eigenvalue weighted by molar-refractivity contribution is 6.22. The predicted molar refractivity (Wildman–Crippen MR) is 93.2 cm³/mol. The van der Waals surface area contributed by atoms with Crippen LogP contribution in [0, 0.1) is 11.8 Å². The molecular formula is C20H13N3O2. The van der Waals surface area contributed by atoms with Crippen molar-refractivity contribution < 1.29 is 9.59 Å². The Morgan fingerprint density at radius 3 is 2.36 bits per heavy atom. The number of imidazole rings is 1.